The Balaban J connectivity index is 1.72. The molecule has 0 spiro atoms. The summed E-state index contributed by atoms with van der Waals surface area (Å²) in [5.74, 6) is -1.37. The van der Waals surface area contributed by atoms with Gasteiger partial charge in [-0.25, -0.2) is 0 Å². The lowest BCUT2D eigenvalue weighted by atomic mass is 9.95. The molecule has 0 unspecified atom stereocenters. The number of ketones is 1. The maximum absolute atomic E-state index is 13.0. The van der Waals surface area contributed by atoms with Crippen LogP contribution in [0.4, 0.5) is 0 Å². The highest BCUT2D eigenvalue weighted by molar-refractivity contribution is 9.10. The fourth-order valence-electron chi connectivity index (χ4n) is 4.04. The van der Waals surface area contributed by atoms with E-state index in [-0.39, 0.29) is 11.3 Å². The summed E-state index contributed by atoms with van der Waals surface area (Å²) in [5.41, 5.74) is 2.54. The third-order valence-electron chi connectivity index (χ3n) is 5.81. The van der Waals surface area contributed by atoms with E-state index in [0.29, 0.717) is 31.9 Å². The number of amides is 1. The number of halogens is 1. The fourth-order valence-corrected chi connectivity index (χ4v) is 4.31. The van der Waals surface area contributed by atoms with E-state index in [2.05, 4.69) is 20.8 Å². The van der Waals surface area contributed by atoms with E-state index >= 15 is 0 Å². The molecule has 2 aromatic rings. The number of likely N-dealkylation sites (tertiary alicyclic amines) is 1. The fraction of sp³-hybridized carbons (Fsp3) is 0.333. The monoisotopic (exact) mass is 484 g/mol. The van der Waals surface area contributed by atoms with Crippen LogP contribution in [0.2, 0.25) is 0 Å². The van der Waals surface area contributed by atoms with E-state index in [1.165, 1.54) is 0 Å². The van der Waals surface area contributed by atoms with E-state index in [1.54, 1.807) is 29.2 Å². The molecule has 31 heavy (non-hydrogen) atoms. The van der Waals surface area contributed by atoms with Crippen LogP contribution in [0, 0.1) is 6.92 Å². The van der Waals surface area contributed by atoms with Crippen LogP contribution < -0.4 is 0 Å². The Labute approximate surface area is 190 Å². The summed E-state index contributed by atoms with van der Waals surface area (Å²) >= 11 is 3.38. The van der Waals surface area contributed by atoms with Crippen LogP contribution >= 0.6 is 15.9 Å². The van der Waals surface area contributed by atoms with Crippen LogP contribution in [0.15, 0.2) is 58.6 Å². The number of hydrogen-bond acceptors (Lipinski definition) is 5. The Hall–Kier alpha value is -2.48. The zero-order chi connectivity index (χ0) is 22.0. The SMILES string of the molecule is Cc1ccc([C@H]2/C(=C(\O)c3ccc(Br)cc3)C(=O)C(=O)N2CCN2CCOCC2)cc1. The van der Waals surface area contributed by atoms with Gasteiger partial charge in [-0.15, -0.1) is 0 Å². The molecule has 0 radical (unpaired) electrons. The largest absolute Gasteiger partial charge is 0.507 e. The number of nitrogens with zero attached hydrogens (tertiary/aromatic N) is 2. The van der Waals surface area contributed by atoms with Crippen molar-refractivity contribution in [3.05, 3.63) is 75.3 Å². The standard InChI is InChI=1S/C24H25BrN2O4/c1-16-2-4-17(5-3-16)21-20(22(28)18-6-8-19(25)9-7-18)23(29)24(30)27(21)11-10-26-12-14-31-15-13-26/h2-9,21,28H,10-15H2,1H3/b22-20+/t21-/m0/s1. The molecular formula is C24H25BrN2O4. The molecule has 1 amide bonds. The molecule has 6 nitrogen and oxygen atoms in total. The van der Waals surface area contributed by atoms with Gasteiger partial charge in [0.25, 0.3) is 11.7 Å². The molecule has 0 bridgehead atoms. The zero-order valence-electron chi connectivity index (χ0n) is 17.4. The maximum Gasteiger partial charge on any atom is 0.295 e. The second kappa shape index (κ2) is 9.34. The smallest absolute Gasteiger partial charge is 0.295 e. The molecular weight excluding hydrogens is 460 g/mol. The van der Waals surface area contributed by atoms with Gasteiger partial charge in [-0.3, -0.25) is 14.5 Å². The van der Waals surface area contributed by atoms with Crippen LogP contribution in [0.1, 0.15) is 22.7 Å². The molecule has 4 rings (SSSR count). The highest BCUT2D eigenvalue weighted by Gasteiger charge is 2.46. The average Bonchev–Trinajstić information content (AvgIpc) is 3.04. The molecule has 0 saturated carbocycles. The molecule has 7 heteroatoms. The molecule has 2 aliphatic heterocycles. The van der Waals surface area contributed by atoms with E-state index in [0.717, 1.165) is 28.7 Å². The van der Waals surface area contributed by atoms with Crippen molar-refractivity contribution < 1.29 is 19.4 Å². The second-order valence-corrected chi connectivity index (χ2v) is 8.78. The first-order valence-electron chi connectivity index (χ1n) is 10.4. The topological polar surface area (TPSA) is 70.1 Å². The lowest BCUT2D eigenvalue weighted by Gasteiger charge is -2.31. The van der Waals surface area contributed by atoms with Gasteiger partial charge in [0.05, 0.1) is 24.8 Å². The van der Waals surface area contributed by atoms with Crippen LogP contribution in [0.5, 0.6) is 0 Å². The molecule has 2 aromatic carbocycles. The molecule has 1 atom stereocenters. The third-order valence-corrected chi connectivity index (χ3v) is 6.34. The number of carbonyl (C=O) groups is 2. The van der Waals surface area contributed by atoms with Gasteiger partial charge >= 0.3 is 0 Å². The number of carbonyl (C=O) groups excluding carboxylic acids is 2. The van der Waals surface area contributed by atoms with Gasteiger partial charge in [-0.05, 0) is 24.6 Å². The Morgan fingerprint density at radius 2 is 1.68 bits per heavy atom. The second-order valence-electron chi connectivity index (χ2n) is 7.86. The summed E-state index contributed by atoms with van der Waals surface area (Å²) in [6.45, 7) is 5.99. The molecule has 2 aliphatic rings. The number of Topliss-reactive ketones (excluding diaryl/α,β-unsaturated/α-hetero) is 1. The molecule has 2 fully saturated rings. The normalized spacial score (nSPS) is 21.6. The van der Waals surface area contributed by atoms with Crippen LogP contribution in [0.3, 0.4) is 0 Å². The molecule has 162 valence electrons. The van der Waals surface area contributed by atoms with Crippen molar-refractivity contribution in [3.8, 4) is 0 Å². The van der Waals surface area contributed by atoms with Crippen LogP contribution in [0.25, 0.3) is 5.76 Å². The first-order chi connectivity index (χ1) is 15.0. The van der Waals surface area contributed by atoms with Gasteiger partial charge < -0.3 is 14.7 Å². The number of rotatable bonds is 5. The number of ether oxygens (including phenoxy) is 1. The highest BCUT2D eigenvalue weighted by atomic mass is 79.9. The third kappa shape index (κ3) is 4.59. The maximum atomic E-state index is 13.0. The number of aliphatic hydroxyl groups is 1. The van der Waals surface area contributed by atoms with Gasteiger partial charge in [-0.2, -0.15) is 0 Å². The first-order valence-corrected chi connectivity index (χ1v) is 11.2. The van der Waals surface area contributed by atoms with Crippen molar-refractivity contribution in [3.63, 3.8) is 0 Å². The van der Waals surface area contributed by atoms with Crippen LogP contribution in [-0.4, -0.2) is 66.0 Å². The summed E-state index contributed by atoms with van der Waals surface area (Å²) < 4.78 is 6.26. The van der Waals surface area contributed by atoms with E-state index in [4.69, 9.17) is 4.74 Å². The molecule has 1 N–H and O–H groups in total. The van der Waals surface area contributed by atoms with Crippen molar-refractivity contribution in [1.29, 1.82) is 0 Å². The molecule has 0 aliphatic carbocycles. The zero-order valence-corrected chi connectivity index (χ0v) is 19.0. The van der Waals surface area contributed by atoms with E-state index in [9.17, 15) is 14.7 Å². The quantitative estimate of drug-likeness (QED) is 0.399. The molecule has 2 saturated heterocycles. The number of morpholine rings is 1. The van der Waals surface area contributed by atoms with Crippen molar-refractivity contribution in [2.75, 3.05) is 39.4 Å². The first kappa shape index (κ1) is 21.7. The summed E-state index contributed by atoms with van der Waals surface area (Å²) in [6, 6.07) is 14.2. The van der Waals surface area contributed by atoms with Crippen molar-refractivity contribution >= 4 is 33.4 Å². The number of benzene rings is 2. The lowest BCUT2D eigenvalue weighted by Crippen LogP contribution is -2.42. The van der Waals surface area contributed by atoms with Crippen molar-refractivity contribution in [1.82, 2.24) is 9.80 Å². The van der Waals surface area contributed by atoms with Gasteiger partial charge in [-0.1, -0.05) is 57.9 Å². The number of aliphatic hydroxyl groups excluding tert-OH is 1. The summed E-state index contributed by atoms with van der Waals surface area (Å²) in [6.07, 6.45) is 0. The Morgan fingerprint density at radius 1 is 1.03 bits per heavy atom. The molecule has 0 aromatic heterocycles. The summed E-state index contributed by atoms with van der Waals surface area (Å²) in [5, 5.41) is 11.1. The summed E-state index contributed by atoms with van der Waals surface area (Å²) in [4.78, 5) is 29.9. The number of aryl methyl sites for hydroxylation is 1. The predicted molar refractivity (Wildman–Crippen MR) is 122 cm³/mol. The summed E-state index contributed by atoms with van der Waals surface area (Å²) in [7, 11) is 0. The lowest BCUT2D eigenvalue weighted by molar-refractivity contribution is -0.140. The minimum Gasteiger partial charge on any atom is -0.507 e. The molecule has 2 heterocycles. The Kier molecular flexibility index (Phi) is 6.55. The highest BCUT2D eigenvalue weighted by Crippen LogP contribution is 2.39. The minimum absolute atomic E-state index is 0.137. The predicted octanol–water partition coefficient (Wildman–Crippen LogP) is 3.51. The van der Waals surface area contributed by atoms with Crippen molar-refractivity contribution in [2.45, 2.75) is 13.0 Å². The Morgan fingerprint density at radius 3 is 2.32 bits per heavy atom. The van der Waals surface area contributed by atoms with E-state index < -0.39 is 17.7 Å². The number of hydrogen-bond donors (Lipinski definition) is 1. The van der Waals surface area contributed by atoms with Crippen LogP contribution in [-0.2, 0) is 14.3 Å². The van der Waals surface area contributed by atoms with Gasteiger partial charge in [0, 0.05) is 36.2 Å². The van der Waals surface area contributed by atoms with E-state index in [1.807, 2.05) is 31.2 Å². The minimum atomic E-state index is -0.645. The van der Waals surface area contributed by atoms with Gasteiger partial charge in [0.15, 0.2) is 0 Å². The van der Waals surface area contributed by atoms with Gasteiger partial charge in [0.1, 0.15) is 5.76 Å². The van der Waals surface area contributed by atoms with Crippen molar-refractivity contribution in [2.24, 2.45) is 0 Å². The average molecular weight is 485 g/mol. The Bertz CT molecular complexity index is 995. The van der Waals surface area contributed by atoms with Gasteiger partial charge in [0.2, 0.25) is 0 Å².